The third-order valence-corrected chi connectivity index (χ3v) is 7.65. The van der Waals surface area contributed by atoms with Gasteiger partial charge in [0, 0.05) is 26.1 Å². The largest absolute Gasteiger partial charge is 0.294 e. The van der Waals surface area contributed by atoms with Gasteiger partial charge >= 0.3 is 0 Å². The lowest BCUT2D eigenvalue weighted by Crippen LogP contribution is -2.22. The van der Waals surface area contributed by atoms with Gasteiger partial charge in [0.2, 0.25) is 0 Å². The van der Waals surface area contributed by atoms with E-state index >= 15 is 0 Å². The van der Waals surface area contributed by atoms with Crippen LogP contribution in [0.15, 0.2) is 119 Å². The summed E-state index contributed by atoms with van der Waals surface area (Å²) in [6.07, 6.45) is 2.33. The minimum absolute atomic E-state index is 0.0388. The van der Waals surface area contributed by atoms with Crippen molar-refractivity contribution < 1.29 is 4.79 Å². The van der Waals surface area contributed by atoms with Gasteiger partial charge in [-0.25, -0.2) is 0 Å². The Morgan fingerprint density at radius 1 is 0.771 bits per heavy atom. The lowest BCUT2D eigenvalue weighted by molar-refractivity contribution is 0.0970. The van der Waals surface area contributed by atoms with Gasteiger partial charge in [0.15, 0.2) is 5.78 Å². The van der Waals surface area contributed by atoms with Crippen molar-refractivity contribution in [2.45, 2.75) is 11.3 Å². The lowest BCUT2D eigenvalue weighted by atomic mass is 9.97. The van der Waals surface area contributed by atoms with Gasteiger partial charge in [-0.1, -0.05) is 120 Å². The Balaban J connectivity index is 1.65. The quantitative estimate of drug-likeness (QED) is 0.241. The third kappa shape index (κ3) is 5.28. The van der Waals surface area contributed by atoms with Crippen LogP contribution in [0.2, 0.25) is 10.0 Å². The topological polar surface area (TPSA) is 29.4 Å². The third-order valence-electron chi connectivity index (χ3n) is 5.81. The van der Waals surface area contributed by atoms with Crippen LogP contribution in [-0.2, 0) is 4.87 Å². The zero-order valence-electron chi connectivity index (χ0n) is 18.7. The molecule has 4 aromatic carbocycles. The van der Waals surface area contributed by atoms with Crippen molar-refractivity contribution in [3.05, 3.63) is 146 Å². The van der Waals surface area contributed by atoms with Crippen LogP contribution in [0.25, 0.3) is 6.08 Å². The van der Waals surface area contributed by atoms with Crippen molar-refractivity contribution in [2.75, 3.05) is 0 Å². The number of hydrogen-bond acceptors (Lipinski definition) is 3. The molecule has 5 rings (SSSR count). The van der Waals surface area contributed by atoms with E-state index in [1.54, 1.807) is 11.8 Å². The second-order valence-corrected chi connectivity index (χ2v) is 10.4. The lowest BCUT2D eigenvalue weighted by Gasteiger charge is -2.25. The van der Waals surface area contributed by atoms with E-state index in [0.717, 1.165) is 27.3 Å². The second-order valence-electron chi connectivity index (χ2n) is 8.25. The number of allylic oxidation sites excluding steroid dienone is 1. The maximum absolute atomic E-state index is 13.4. The minimum Gasteiger partial charge on any atom is -0.294 e. The zero-order valence-corrected chi connectivity index (χ0v) is 21.0. The van der Waals surface area contributed by atoms with Gasteiger partial charge in [0.1, 0.15) is 4.87 Å². The first kappa shape index (κ1) is 23.6. The normalized spacial score (nSPS) is 18.5. The molecule has 1 unspecified atom stereocenters. The van der Waals surface area contributed by atoms with E-state index in [1.165, 1.54) is 0 Å². The van der Waals surface area contributed by atoms with Crippen molar-refractivity contribution in [2.24, 2.45) is 4.99 Å². The maximum atomic E-state index is 13.4. The molecule has 2 nitrogen and oxygen atoms in total. The number of thioether (sulfide) groups is 1. The molecule has 1 atom stereocenters. The van der Waals surface area contributed by atoms with Gasteiger partial charge in [-0.15, -0.1) is 0 Å². The molecule has 0 radical (unpaired) electrons. The Hall–Kier alpha value is -3.11. The predicted octanol–water partition coefficient (Wildman–Crippen LogP) is 8.70. The number of Topliss-reactive ketones (excluding diaryl/α,β-unsaturated/α-hetero) is 1. The van der Waals surface area contributed by atoms with Crippen LogP contribution in [0.1, 0.15) is 33.5 Å². The highest BCUT2D eigenvalue weighted by Crippen LogP contribution is 2.52. The van der Waals surface area contributed by atoms with Gasteiger partial charge in [0.05, 0.1) is 12.1 Å². The molecule has 0 N–H and O–H groups in total. The Morgan fingerprint density at radius 3 is 1.97 bits per heavy atom. The standard InChI is InChI=1S/C30H21Cl2NOS/c31-25-15-11-21(12-16-25)19-28-29(23-9-5-2-6-10-23)33-30(35-28,24-13-17-26(32)18-14-24)20-27(34)22-7-3-1-4-8-22/h1-19H,20H2/b28-19-. The zero-order chi connectivity index (χ0) is 24.3. The minimum atomic E-state index is -0.819. The molecular weight excluding hydrogens is 493 g/mol. The van der Waals surface area contributed by atoms with Gasteiger partial charge in [-0.3, -0.25) is 9.79 Å². The second kappa shape index (κ2) is 10.2. The first-order valence-electron chi connectivity index (χ1n) is 11.2. The van der Waals surface area contributed by atoms with E-state index in [2.05, 4.69) is 6.08 Å². The molecule has 4 aromatic rings. The number of carbonyl (C=O) groups is 1. The highest BCUT2D eigenvalue weighted by Gasteiger charge is 2.42. The highest BCUT2D eigenvalue weighted by molar-refractivity contribution is 8.05. The molecule has 5 heteroatoms. The summed E-state index contributed by atoms with van der Waals surface area (Å²) in [5.41, 5.74) is 4.49. The number of aliphatic imine (C=N–C) groups is 1. The fraction of sp³-hybridized carbons (Fsp3) is 0.0667. The molecule has 0 amide bonds. The van der Waals surface area contributed by atoms with E-state index in [9.17, 15) is 4.79 Å². The smallest absolute Gasteiger partial charge is 0.166 e. The summed E-state index contributed by atoms with van der Waals surface area (Å²) in [7, 11) is 0. The number of carbonyl (C=O) groups excluding carboxylic acids is 1. The van der Waals surface area contributed by atoms with Crippen LogP contribution in [-0.4, -0.2) is 11.5 Å². The molecule has 1 heterocycles. The van der Waals surface area contributed by atoms with Gasteiger partial charge in [-0.05, 0) is 41.5 Å². The Kier molecular flexibility index (Phi) is 6.92. The average Bonchev–Trinajstić information content (AvgIpc) is 3.25. The van der Waals surface area contributed by atoms with Crippen molar-refractivity contribution in [1.29, 1.82) is 0 Å². The van der Waals surface area contributed by atoms with Crippen LogP contribution in [0.5, 0.6) is 0 Å². The molecule has 0 spiro atoms. The first-order valence-corrected chi connectivity index (χ1v) is 12.8. The number of benzene rings is 4. The van der Waals surface area contributed by atoms with Crippen LogP contribution < -0.4 is 0 Å². The summed E-state index contributed by atoms with van der Waals surface area (Å²) >= 11 is 13.9. The Bertz CT molecular complexity index is 1400. The molecule has 0 aliphatic carbocycles. The Labute approximate surface area is 219 Å². The van der Waals surface area contributed by atoms with Crippen molar-refractivity contribution in [3.8, 4) is 0 Å². The number of halogens is 2. The Morgan fingerprint density at radius 2 is 1.34 bits per heavy atom. The molecule has 1 aliphatic rings. The molecule has 0 fully saturated rings. The molecule has 0 bridgehead atoms. The SMILES string of the molecule is O=C(CC1(c2ccc(Cl)cc2)N=C(c2ccccc2)/C(=C/c2ccc(Cl)cc2)S1)c1ccccc1. The number of nitrogens with zero attached hydrogens (tertiary/aromatic N) is 1. The molecule has 0 aromatic heterocycles. The van der Waals surface area contributed by atoms with Crippen molar-refractivity contribution >= 4 is 52.5 Å². The molecule has 172 valence electrons. The summed E-state index contributed by atoms with van der Waals surface area (Å²) in [5, 5.41) is 1.33. The molecule has 35 heavy (non-hydrogen) atoms. The van der Waals surface area contributed by atoms with Crippen molar-refractivity contribution in [1.82, 2.24) is 0 Å². The van der Waals surface area contributed by atoms with Crippen LogP contribution in [0, 0.1) is 0 Å². The van der Waals surface area contributed by atoms with E-state index in [-0.39, 0.29) is 12.2 Å². The summed E-state index contributed by atoms with van der Waals surface area (Å²) in [5.74, 6) is 0.0388. The molecule has 0 saturated carbocycles. The summed E-state index contributed by atoms with van der Waals surface area (Å²) in [4.78, 5) is 18.9. The van der Waals surface area contributed by atoms with Crippen LogP contribution in [0.3, 0.4) is 0 Å². The fourth-order valence-electron chi connectivity index (χ4n) is 4.05. The van der Waals surface area contributed by atoms with E-state index in [0.29, 0.717) is 15.6 Å². The van der Waals surface area contributed by atoms with Gasteiger partial charge in [-0.2, -0.15) is 0 Å². The molecule has 0 saturated heterocycles. The predicted molar refractivity (Wildman–Crippen MR) is 149 cm³/mol. The monoisotopic (exact) mass is 513 g/mol. The van der Waals surface area contributed by atoms with E-state index < -0.39 is 4.87 Å². The summed E-state index contributed by atoms with van der Waals surface area (Å²) in [6, 6.07) is 34.8. The van der Waals surface area contributed by atoms with Crippen molar-refractivity contribution in [3.63, 3.8) is 0 Å². The number of ketones is 1. The maximum Gasteiger partial charge on any atom is 0.166 e. The van der Waals surface area contributed by atoms with Gasteiger partial charge < -0.3 is 0 Å². The number of hydrogen-bond donors (Lipinski definition) is 0. The highest BCUT2D eigenvalue weighted by atomic mass is 35.5. The fourth-order valence-corrected chi connectivity index (χ4v) is 5.72. The first-order chi connectivity index (χ1) is 17.0. The van der Waals surface area contributed by atoms with E-state index in [4.69, 9.17) is 28.2 Å². The van der Waals surface area contributed by atoms with E-state index in [1.807, 2.05) is 109 Å². The summed E-state index contributed by atoms with van der Waals surface area (Å²) in [6.45, 7) is 0. The summed E-state index contributed by atoms with van der Waals surface area (Å²) < 4.78 is 0. The molecular formula is C30H21Cl2NOS. The molecule has 1 aliphatic heterocycles. The van der Waals surface area contributed by atoms with Crippen LogP contribution >= 0.6 is 35.0 Å². The van der Waals surface area contributed by atoms with Crippen LogP contribution in [0.4, 0.5) is 0 Å². The number of rotatable bonds is 6. The van der Waals surface area contributed by atoms with Gasteiger partial charge in [0.25, 0.3) is 0 Å². The average molecular weight is 514 g/mol.